The van der Waals surface area contributed by atoms with Crippen molar-refractivity contribution in [1.29, 1.82) is 0 Å². The lowest BCUT2D eigenvalue weighted by Gasteiger charge is -2.10. The topological polar surface area (TPSA) is 62.5 Å². The number of hydrogen-bond donors (Lipinski definition) is 2. The van der Waals surface area contributed by atoms with Crippen LogP contribution in [0.1, 0.15) is 22.6 Å². The number of guanidine groups is 1. The fourth-order valence-corrected chi connectivity index (χ4v) is 2.43. The fraction of sp³-hybridized carbons (Fsp3) is 0.429. The number of aliphatic imine (C=N–C) groups is 1. The summed E-state index contributed by atoms with van der Waals surface area (Å²) in [6.07, 6.45) is 4.42. The van der Waals surface area contributed by atoms with Crippen LogP contribution >= 0.6 is 11.3 Å². The quantitative estimate of drug-likeness (QED) is 0.634. The molecule has 0 saturated carbocycles. The van der Waals surface area contributed by atoms with Crippen LogP contribution < -0.4 is 10.6 Å². The summed E-state index contributed by atoms with van der Waals surface area (Å²) in [7, 11) is 0. The molecule has 0 atom stereocenters. The molecule has 0 unspecified atom stereocenters. The third-order valence-electron chi connectivity index (χ3n) is 2.63. The van der Waals surface area contributed by atoms with E-state index in [2.05, 4.69) is 34.5 Å². The van der Waals surface area contributed by atoms with Gasteiger partial charge in [0.25, 0.3) is 0 Å². The van der Waals surface area contributed by atoms with E-state index in [9.17, 15) is 0 Å². The number of hydrogen-bond acceptors (Lipinski definition) is 4. The second-order valence-corrected chi connectivity index (χ2v) is 5.64. The molecule has 2 heterocycles. The lowest BCUT2D eigenvalue weighted by Crippen LogP contribution is -2.38. The lowest BCUT2D eigenvalue weighted by molar-refractivity contribution is 0.507. The highest BCUT2D eigenvalue weighted by Gasteiger charge is 2.01. The first-order valence-electron chi connectivity index (χ1n) is 6.74. The smallest absolute Gasteiger partial charge is 0.191 e. The molecule has 0 aliphatic carbocycles. The Balaban J connectivity index is 1.82. The maximum atomic E-state index is 5.30. The minimum Gasteiger partial charge on any atom is -0.469 e. The number of rotatable bonds is 6. The van der Waals surface area contributed by atoms with Crippen molar-refractivity contribution in [2.75, 3.05) is 13.1 Å². The van der Waals surface area contributed by atoms with E-state index in [1.807, 2.05) is 18.3 Å². The molecule has 2 N–H and O–H groups in total. The number of aryl methyl sites for hydroxylation is 1. The lowest BCUT2D eigenvalue weighted by atomic mass is 10.3. The maximum Gasteiger partial charge on any atom is 0.191 e. The Kier molecular flexibility index (Phi) is 5.61. The molecule has 0 amide bonds. The van der Waals surface area contributed by atoms with Gasteiger partial charge in [0.05, 0.1) is 12.8 Å². The van der Waals surface area contributed by atoms with Crippen LogP contribution in [0.3, 0.4) is 0 Å². The fourth-order valence-electron chi connectivity index (χ4n) is 1.72. The molecule has 2 rings (SSSR count). The summed E-state index contributed by atoms with van der Waals surface area (Å²) in [6.45, 7) is 6.34. The van der Waals surface area contributed by atoms with Gasteiger partial charge in [0, 0.05) is 30.6 Å². The van der Waals surface area contributed by atoms with Crippen molar-refractivity contribution < 1.29 is 4.42 Å². The van der Waals surface area contributed by atoms with Gasteiger partial charge in [0.15, 0.2) is 5.96 Å². The van der Waals surface area contributed by atoms with E-state index in [1.54, 1.807) is 17.6 Å². The highest BCUT2D eigenvalue weighted by molar-refractivity contribution is 7.11. The summed E-state index contributed by atoms with van der Waals surface area (Å²) in [5, 5.41) is 7.55. The molecule has 0 aliphatic heterocycles. The maximum absolute atomic E-state index is 5.30. The highest BCUT2D eigenvalue weighted by atomic mass is 32.1. The van der Waals surface area contributed by atoms with Crippen LogP contribution in [0, 0.1) is 6.92 Å². The van der Waals surface area contributed by atoms with Crippen LogP contribution in [0.2, 0.25) is 0 Å². The van der Waals surface area contributed by atoms with Gasteiger partial charge in [0.2, 0.25) is 0 Å². The molecule has 2 aromatic rings. The Hall–Kier alpha value is -1.82. The van der Waals surface area contributed by atoms with E-state index in [4.69, 9.17) is 4.42 Å². The number of aromatic nitrogens is 1. The van der Waals surface area contributed by atoms with Gasteiger partial charge in [0.1, 0.15) is 10.8 Å². The van der Waals surface area contributed by atoms with Gasteiger partial charge in [-0.15, -0.1) is 11.3 Å². The van der Waals surface area contributed by atoms with Gasteiger partial charge in [-0.3, -0.25) is 0 Å². The Morgan fingerprint density at radius 1 is 1.45 bits per heavy atom. The molecule has 0 aromatic carbocycles. The van der Waals surface area contributed by atoms with Crippen LogP contribution in [0.25, 0.3) is 0 Å². The van der Waals surface area contributed by atoms with Gasteiger partial charge in [-0.25, -0.2) is 9.98 Å². The number of thiazole rings is 1. The SMILES string of the molecule is CCNC(=NCc1ncc(C)s1)NCCc1ccco1. The first kappa shape index (κ1) is 14.6. The first-order chi connectivity index (χ1) is 9.78. The summed E-state index contributed by atoms with van der Waals surface area (Å²) in [5.74, 6) is 1.79. The molecule has 0 spiro atoms. The van der Waals surface area contributed by atoms with Crippen molar-refractivity contribution in [2.24, 2.45) is 4.99 Å². The van der Waals surface area contributed by atoms with E-state index >= 15 is 0 Å². The number of nitrogens with zero attached hydrogens (tertiary/aromatic N) is 2. The molecule has 2 aromatic heterocycles. The van der Waals surface area contributed by atoms with Crippen molar-refractivity contribution in [3.8, 4) is 0 Å². The molecular weight excluding hydrogens is 272 g/mol. The molecule has 0 radical (unpaired) electrons. The molecule has 20 heavy (non-hydrogen) atoms. The van der Waals surface area contributed by atoms with E-state index in [0.717, 1.165) is 36.2 Å². The van der Waals surface area contributed by atoms with E-state index in [1.165, 1.54) is 4.88 Å². The van der Waals surface area contributed by atoms with E-state index in [-0.39, 0.29) is 0 Å². The predicted molar refractivity (Wildman–Crippen MR) is 82.1 cm³/mol. The third-order valence-corrected chi connectivity index (χ3v) is 3.53. The van der Waals surface area contributed by atoms with Crippen molar-refractivity contribution in [3.05, 3.63) is 40.2 Å². The van der Waals surface area contributed by atoms with Gasteiger partial charge >= 0.3 is 0 Å². The minimum absolute atomic E-state index is 0.606. The molecule has 108 valence electrons. The van der Waals surface area contributed by atoms with Crippen molar-refractivity contribution in [1.82, 2.24) is 15.6 Å². The zero-order valence-electron chi connectivity index (χ0n) is 11.8. The average molecular weight is 292 g/mol. The zero-order chi connectivity index (χ0) is 14.2. The number of furan rings is 1. The van der Waals surface area contributed by atoms with E-state index in [0.29, 0.717) is 6.54 Å². The Labute approximate surface area is 123 Å². The van der Waals surface area contributed by atoms with Crippen molar-refractivity contribution >= 4 is 17.3 Å². The van der Waals surface area contributed by atoms with Crippen molar-refractivity contribution in [3.63, 3.8) is 0 Å². The monoisotopic (exact) mass is 292 g/mol. The molecule has 0 fully saturated rings. The molecule has 0 bridgehead atoms. The third kappa shape index (κ3) is 4.70. The largest absolute Gasteiger partial charge is 0.469 e. The Bertz CT molecular complexity index is 533. The van der Waals surface area contributed by atoms with Crippen LogP contribution in [0.5, 0.6) is 0 Å². The average Bonchev–Trinajstić information content (AvgIpc) is 3.07. The van der Waals surface area contributed by atoms with Gasteiger partial charge < -0.3 is 15.1 Å². The van der Waals surface area contributed by atoms with Gasteiger partial charge in [-0.1, -0.05) is 0 Å². The van der Waals surface area contributed by atoms with Crippen molar-refractivity contribution in [2.45, 2.75) is 26.8 Å². The van der Waals surface area contributed by atoms with Gasteiger partial charge in [-0.2, -0.15) is 0 Å². The predicted octanol–water partition coefficient (Wildman–Crippen LogP) is 2.34. The second kappa shape index (κ2) is 7.69. The second-order valence-electron chi connectivity index (χ2n) is 4.32. The molecule has 5 nitrogen and oxygen atoms in total. The molecule has 0 aliphatic rings. The number of nitrogens with one attached hydrogen (secondary N) is 2. The van der Waals surface area contributed by atoms with Crippen LogP contribution in [0.15, 0.2) is 34.0 Å². The zero-order valence-corrected chi connectivity index (χ0v) is 12.7. The van der Waals surface area contributed by atoms with Crippen LogP contribution in [0.4, 0.5) is 0 Å². The normalized spacial score (nSPS) is 11.6. The molecular formula is C14H20N4OS. The minimum atomic E-state index is 0.606. The Morgan fingerprint density at radius 2 is 2.35 bits per heavy atom. The standard InChI is InChI=1S/C14H20N4OS/c1-3-15-14(16-7-6-12-5-4-8-19-12)18-10-13-17-9-11(2)20-13/h4-5,8-9H,3,6-7,10H2,1-2H3,(H2,15,16,18). The van der Waals surface area contributed by atoms with Crippen LogP contribution in [-0.2, 0) is 13.0 Å². The van der Waals surface area contributed by atoms with E-state index < -0.39 is 0 Å². The highest BCUT2D eigenvalue weighted by Crippen LogP contribution is 2.11. The Morgan fingerprint density at radius 3 is 3.00 bits per heavy atom. The molecule has 6 heteroatoms. The summed E-state index contributed by atoms with van der Waals surface area (Å²) in [5.41, 5.74) is 0. The van der Waals surface area contributed by atoms with Gasteiger partial charge in [-0.05, 0) is 26.0 Å². The first-order valence-corrected chi connectivity index (χ1v) is 7.55. The van der Waals surface area contributed by atoms with Crippen LogP contribution in [-0.4, -0.2) is 24.0 Å². The summed E-state index contributed by atoms with van der Waals surface area (Å²) in [6, 6.07) is 3.88. The summed E-state index contributed by atoms with van der Waals surface area (Å²) in [4.78, 5) is 10.1. The molecule has 0 saturated heterocycles. The summed E-state index contributed by atoms with van der Waals surface area (Å²) >= 11 is 1.68. The summed E-state index contributed by atoms with van der Waals surface area (Å²) < 4.78 is 5.30.